The summed E-state index contributed by atoms with van der Waals surface area (Å²) in [5.74, 6) is -2.73. The molecule has 2 fully saturated rings. The van der Waals surface area contributed by atoms with Gasteiger partial charge in [-0.2, -0.15) is 12.6 Å². The average Bonchev–Trinajstić information content (AvgIpc) is 3.77. The van der Waals surface area contributed by atoms with Crippen LogP contribution in [-0.2, 0) is 39.8 Å². The van der Waals surface area contributed by atoms with Crippen LogP contribution in [0.25, 0.3) is 0 Å². The molecule has 15 heteroatoms. The fraction of sp³-hybridized carbons (Fsp3) is 0.600. The first-order valence-electron chi connectivity index (χ1n) is 17.7. The van der Waals surface area contributed by atoms with Crippen molar-refractivity contribution in [3.63, 3.8) is 0 Å². The van der Waals surface area contributed by atoms with E-state index in [0.717, 1.165) is 11.1 Å². The standard InChI is InChI=1S/C35H48ClN3O10S/c1-19-10-9-11-26(46-8)35(44)18-25(47-33(43)37-35)20(2)31-34(4,49-31)27(48-32(42)21(3)38(5)28(40)12-13-50)17-29(41)39(6)23-15-22(14-19)16-24(45-7)30(23)36/h9-11,15-16,20-21,25-27,31,44,50H,12-14,17-18H2,1-8H3,(H,37,43)/b11-9+,19-10+/t20-,21-,25+,26-,27+,31-,34+,35+/m1/s1/i5+1D3. The quantitative estimate of drug-likeness (QED) is 0.163. The molecule has 2 N–H and O–H groups in total. The number of carbonyl (C=O) groups excluding carboxylic acids is 4. The first-order valence-corrected chi connectivity index (χ1v) is 17.2. The molecule has 3 amide bonds. The molecule has 3 aliphatic rings. The van der Waals surface area contributed by atoms with Crippen molar-refractivity contribution in [3.8, 4) is 5.75 Å². The normalized spacial score (nSPS) is 33.5. The lowest BCUT2D eigenvalue weighted by Crippen LogP contribution is -2.63. The Hall–Kier alpha value is -3.30. The molecular weight excluding hydrogens is 691 g/mol. The Morgan fingerprint density at radius 3 is 2.68 bits per heavy atom. The van der Waals surface area contributed by atoms with Gasteiger partial charge < -0.3 is 38.6 Å². The molecule has 0 unspecified atom stereocenters. The smallest absolute Gasteiger partial charge is 0.409 e. The molecule has 3 heterocycles. The van der Waals surface area contributed by atoms with Gasteiger partial charge in [0.2, 0.25) is 11.8 Å². The number of likely N-dealkylation sites (N-methyl/N-ethyl adjacent to an activating group) is 1. The zero-order valence-electron chi connectivity index (χ0n) is 32.2. The third-order valence-corrected chi connectivity index (χ3v) is 10.1. The third-order valence-electron chi connectivity index (χ3n) is 9.53. The largest absolute Gasteiger partial charge is 0.495 e. The lowest BCUT2D eigenvalue weighted by molar-refractivity contribution is -0.161. The number of epoxide rings is 1. The van der Waals surface area contributed by atoms with Gasteiger partial charge in [0.25, 0.3) is 0 Å². The lowest BCUT2D eigenvalue weighted by Gasteiger charge is -2.42. The SMILES string of the molecule is [2H][13C]([2H])([2H])N(C(=O)CCS)[C@H](C)C(=O)O[C@H]1CC(=O)N(C)c2cc(cc(OC)c2Cl)C/C(C)=C/C=C/[C@@H](OC)[C@@]2(O)C[C@H](OC(=O)N2)[C@@H](C)[C@H]2O[C@@]12C. The van der Waals surface area contributed by atoms with Crippen molar-refractivity contribution in [3.05, 3.63) is 46.5 Å². The molecule has 1 aromatic rings. The summed E-state index contributed by atoms with van der Waals surface area (Å²) in [7, 11) is 4.35. The van der Waals surface area contributed by atoms with Crippen LogP contribution < -0.4 is 15.0 Å². The van der Waals surface area contributed by atoms with E-state index in [-0.39, 0.29) is 23.6 Å². The lowest BCUT2D eigenvalue weighted by atomic mass is 9.83. The van der Waals surface area contributed by atoms with Crippen LogP contribution in [0, 0.1) is 5.92 Å². The zero-order valence-corrected chi connectivity index (χ0v) is 30.9. The van der Waals surface area contributed by atoms with E-state index in [9.17, 15) is 24.3 Å². The Labute approximate surface area is 307 Å². The number of esters is 1. The molecule has 3 aliphatic heterocycles. The van der Waals surface area contributed by atoms with Gasteiger partial charge in [0, 0.05) is 44.0 Å². The minimum atomic E-state index is -2.98. The van der Waals surface area contributed by atoms with Gasteiger partial charge in [0.05, 0.1) is 25.3 Å². The second-order valence-electron chi connectivity index (χ2n) is 13.1. The van der Waals surface area contributed by atoms with Crippen LogP contribution in [0.4, 0.5) is 10.5 Å². The Morgan fingerprint density at radius 2 is 2.04 bits per heavy atom. The van der Waals surface area contributed by atoms with E-state index >= 15 is 0 Å². The molecule has 1 aromatic carbocycles. The molecule has 4 rings (SSSR count). The van der Waals surface area contributed by atoms with Gasteiger partial charge in [-0.05, 0) is 50.6 Å². The number of benzene rings is 1. The average molecular weight is 742 g/mol. The minimum Gasteiger partial charge on any atom is -0.495 e. The monoisotopic (exact) mass is 741 g/mol. The van der Waals surface area contributed by atoms with Gasteiger partial charge in [-0.1, -0.05) is 42.3 Å². The Morgan fingerprint density at radius 1 is 1.32 bits per heavy atom. The summed E-state index contributed by atoms with van der Waals surface area (Å²) in [5.41, 5.74) is -1.29. The van der Waals surface area contributed by atoms with Gasteiger partial charge in [-0.15, -0.1) is 0 Å². The number of anilines is 1. The van der Waals surface area contributed by atoms with Crippen molar-refractivity contribution in [1.29, 1.82) is 0 Å². The summed E-state index contributed by atoms with van der Waals surface area (Å²) in [6.07, 6.45) is -0.171. The van der Waals surface area contributed by atoms with E-state index in [4.69, 9.17) is 39.4 Å². The molecular formula is C35H48ClN3O10S. The fourth-order valence-corrected chi connectivity index (χ4v) is 6.89. The molecule has 13 nitrogen and oxygen atoms in total. The number of fused-ring (bicyclic) bond motifs is 5. The number of aliphatic hydroxyl groups is 1. The number of alkyl carbamates (subject to hydrolysis) is 1. The summed E-state index contributed by atoms with van der Waals surface area (Å²) >= 11 is 10.7. The third kappa shape index (κ3) is 8.42. The van der Waals surface area contributed by atoms with Gasteiger partial charge in [0.1, 0.15) is 40.7 Å². The fourth-order valence-electron chi connectivity index (χ4n) is 6.38. The predicted molar refractivity (Wildman–Crippen MR) is 189 cm³/mol. The maximum atomic E-state index is 14.1. The highest BCUT2D eigenvalue weighted by Gasteiger charge is 2.64. The van der Waals surface area contributed by atoms with E-state index < -0.39 is 85.0 Å². The Bertz CT molecular complexity index is 1650. The van der Waals surface area contributed by atoms with Crippen LogP contribution in [0.2, 0.25) is 5.02 Å². The van der Waals surface area contributed by atoms with Crippen molar-refractivity contribution in [1.82, 2.24) is 10.2 Å². The number of thiol groups is 1. The van der Waals surface area contributed by atoms with E-state index in [1.165, 1.54) is 33.1 Å². The highest BCUT2D eigenvalue weighted by Crippen LogP contribution is 2.49. The van der Waals surface area contributed by atoms with E-state index in [2.05, 4.69) is 17.9 Å². The van der Waals surface area contributed by atoms with Crippen LogP contribution in [0.5, 0.6) is 5.75 Å². The predicted octanol–water partition coefficient (Wildman–Crippen LogP) is 3.83. The number of hydrogen-bond acceptors (Lipinski definition) is 11. The first-order chi connectivity index (χ1) is 24.7. The van der Waals surface area contributed by atoms with Gasteiger partial charge >= 0.3 is 12.1 Å². The van der Waals surface area contributed by atoms with Crippen LogP contribution in [0.15, 0.2) is 35.9 Å². The van der Waals surface area contributed by atoms with Crippen molar-refractivity contribution >= 4 is 53.8 Å². The Balaban J connectivity index is 1.80. The molecule has 8 atom stereocenters. The highest BCUT2D eigenvalue weighted by molar-refractivity contribution is 7.80. The number of rotatable bonds is 7. The first kappa shape index (κ1) is 35.1. The van der Waals surface area contributed by atoms with Crippen LogP contribution >= 0.6 is 24.2 Å². The van der Waals surface area contributed by atoms with E-state index in [1.54, 1.807) is 38.1 Å². The number of methoxy groups -OCH3 is 2. The van der Waals surface area contributed by atoms with Crippen molar-refractivity contribution in [2.45, 2.75) is 95.2 Å². The van der Waals surface area contributed by atoms with Crippen LogP contribution in [0.1, 0.15) is 56.6 Å². The van der Waals surface area contributed by atoms with Crippen molar-refractivity contribution in [2.24, 2.45) is 5.92 Å². The molecule has 0 aliphatic carbocycles. The zero-order chi connectivity index (χ0) is 39.6. The topological polar surface area (TPSA) is 156 Å². The molecule has 4 bridgehead atoms. The number of amides is 3. The number of nitrogens with zero attached hydrogens (tertiary/aromatic N) is 2. The van der Waals surface area contributed by atoms with Gasteiger partial charge in [-0.3, -0.25) is 14.9 Å². The molecule has 276 valence electrons. The van der Waals surface area contributed by atoms with Gasteiger partial charge in [-0.25, -0.2) is 9.59 Å². The highest BCUT2D eigenvalue weighted by atomic mass is 35.5. The molecule has 2 saturated heterocycles. The number of nitrogens with one attached hydrogen (secondary N) is 1. The maximum Gasteiger partial charge on any atom is 0.409 e. The number of allylic oxidation sites excluding steroid dienone is 3. The summed E-state index contributed by atoms with van der Waals surface area (Å²) in [5, 5.41) is 14.3. The molecule has 50 heavy (non-hydrogen) atoms. The van der Waals surface area contributed by atoms with Gasteiger partial charge in [0.15, 0.2) is 5.72 Å². The second-order valence-corrected chi connectivity index (χ2v) is 14.0. The van der Waals surface area contributed by atoms with E-state index in [0.29, 0.717) is 22.8 Å². The molecule has 0 aromatic heterocycles. The summed E-state index contributed by atoms with van der Waals surface area (Å²) in [4.78, 5) is 55.3. The summed E-state index contributed by atoms with van der Waals surface area (Å²) in [6, 6.07) is 1.90. The number of halogens is 1. The Kier molecular flexibility index (Phi) is 11.2. The number of carbonyl (C=O) groups is 4. The van der Waals surface area contributed by atoms with E-state index in [1.807, 2.05) is 13.0 Å². The van der Waals surface area contributed by atoms with Crippen molar-refractivity contribution < 1.29 is 52.1 Å². The number of hydrogen-bond donors (Lipinski definition) is 3. The minimum absolute atomic E-state index is 0.0460. The van der Waals surface area contributed by atoms with Crippen LogP contribution in [0.3, 0.4) is 0 Å². The molecule has 0 radical (unpaired) electrons. The second kappa shape index (κ2) is 15.9. The van der Waals surface area contributed by atoms with Crippen LogP contribution in [-0.4, -0.2) is 110 Å². The number of ether oxygens (including phenoxy) is 5. The summed E-state index contributed by atoms with van der Waals surface area (Å²) < 4.78 is 52.7. The van der Waals surface area contributed by atoms with Crippen molar-refractivity contribution in [2.75, 3.05) is 38.9 Å². The maximum absolute atomic E-state index is 14.1. The molecule has 0 spiro atoms. The molecule has 0 saturated carbocycles. The summed E-state index contributed by atoms with van der Waals surface area (Å²) in [6.45, 7) is 3.47.